The van der Waals surface area contributed by atoms with E-state index in [1.54, 1.807) is 22.9 Å². The zero-order chi connectivity index (χ0) is 17.8. The van der Waals surface area contributed by atoms with E-state index in [4.69, 9.17) is 4.74 Å². The number of halogens is 1. The maximum absolute atomic E-state index is 14.0. The summed E-state index contributed by atoms with van der Waals surface area (Å²) in [5, 5.41) is 12.5. The van der Waals surface area contributed by atoms with Crippen LogP contribution in [0.1, 0.15) is 13.8 Å². The zero-order valence-electron chi connectivity index (χ0n) is 14.3. The number of hydrogen-bond donors (Lipinski definition) is 0. The van der Waals surface area contributed by atoms with Gasteiger partial charge in [0.15, 0.2) is 0 Å². The molecule has 0 aliphatic rings. The van der Waals surface area contributed by atoms with Crippen LogP contribution in [0.4, 0.5) is 4.39 Å². The lowest BCUT2D eigenvalue weighted by atomic mass is 9.97. The van der Waals surface area contributed by atoms with Gasteiger partial charge in [-0.1, -0.05) is 6.07 Å². The van der Waals surface area contributed by atoms with Crippen molar-refractivity contribution < 1.29 is 9.13 Å². The fourth-order valence-electron chi connectivity index (χ4n) is 3.44. The Balaban J connectivity index is 1.99. The van der Waals surface area contributed by atoms with Crippen molar-refractivity contribution in [2.45, 2.75) is 20.0 Å². The van der Waals surface area contributed by atoms with Gasteiger partial charge in [-0.15, -0.1) is 10.2 Å². The van der Waals surface area contributed by atoms with Crippen molar-refractivity contribution >= 4 is 38.2 Å². The molecular formula is C20H15FN4O. The van der Waals surface area contributed by atoms with Gasteiger partial charge in [0.1, 0.15) is 17.9 Å². The van der Waals surface area contributed by atoms with Gasteiger partial charge in [0, 0.05) is 17.0 Å². The molecule has 2 heterocycles. The molecule has 3 aromatic carbocycles. The minimum absolute atomic E-state index is 0.0599. The second kappa shape index (κ2) is 5.36. The number of nitrogens with zero attached hydrogens (tertiary/aromatic N) is 4. The fraction of sp³-hybridized carbons (Fsp3) is 0.150. The molecule has 5 nitrogen and oxygen atoms in total. The topological polar surface area (TPSA) is 52.3 Å². The normalized spacial score (nSPS) is 12.0. The highest BCUT2D eigenvalue weighted by atomic mass is 19.1. The lowest BCUT2D eigenvalue weighted by molar-refractivity contribution is 0.243. The maximum atomic E-state index is 14.0. The van der Waals surface area contributed by atoms with Gasteiger partial charge in [0.05, 0.1) is 11.6 Å². The van der Waals surface area contributed by atoms with E-state index in [1.807, 2.05) is 38.2 Å². The van der Waals surface area contributed by atoms with Crippen LogP contribution in [0, 0.1) is 5.82 Å². The largest absolute Gasteiger partial charge is 0.491 e. The summed E-state index contributed by atoms with van der Waals surface area (Å²) in [4.78, 5) is 4.68. The highest BCUT2D eigenvalue weighted by Gasteiger charge is 2.13. The van der Waals surface area contributed by atoms with Crippen molar-refractivity contribution in [1.29, 1.82) is 0 Å². The van der Waals surface area contributed by atoms with E-state index in [9.17, 15) is 4.39 Å². The van der Waals surface area contributed by atoms with Crippen molar-refractivity contribution in [2.75, 3.05) is 0 Å². The Bertz CT molecular complexity index is 1310. The quantitative estimate of drug-likeness (QED) is 0.441. The minimum atomic E-state index is -0.272. The first-order valence-electron chi connectivity index (χ1n) is 8.42. The lowest BCUT2D eigenvalue weighted by Crippen LogP contribution is -2.05. The Hall–Kier alpha value is -3.28. The molecule has 0 bridgehead atoms. The summed E-state index contributed by atoms with van der Waals surface area (Å²) in [6, 6.07) is 10.7. The van der Waals surface area contributed by atoms with Crippen LogP contribution >= 0.6 is 0 Å². The number of hydrogen-bond acceptors (Lipinski definition) is 4. The van der Waals surface area contributed by atoms with E-state index in [0.717, 1.165) is 38.2 Å². The maximum Gasteiger partial charge on any atom is 0.255 e. The molecule has 26 heavy (non-hydrogen) atoms. The Morgan fingerprint density at radius 1 is 0.962 bits per heavy atom. The molecule has 0 fully saturated rings. The Morgan fingerprint density at radius 3 is 2.62 bits per heavy atom. The molecule has 2 aromatic heterocycles. The Labute approximate surface area is 148 Å². The molecule has 0 amide bonds. The summed E-state index contributed by atoms with van der Waals surface area (Å²) >= 11 is 0. The van der Waals surface area contributed by atoms with Crippen LogP contribution in [-0.2, 0) is 0 Å². The average molecular weight is 346 g/mol. The van der Waals surface area contributed by atoms with Crippen molar-refractivity contribution in [3.05, 3.63) is 54.7 Å². The fourth-order valence-corrected chi connectivity index (χ4v) is 3.44. The van der Waals surface area contributed by atoms with Crippen molar-refractivity contribution in [1.82, 2.24) is 19.6 Å². The molecule has 0 spiro atoms. The van der Waals surface area contributed by atoms with Gasteiger partial charge in [0.25, 0.3) is 5.78 Å². The molecular weight excluding hydrogens is 331 g/mol. The van der Waals surface area contributed by atoms with Crippen molar-refractivity contribution in [2.24, 2.45) is 0 Å². The van der Waals surface area contributed by atoms with E-state index in [2.05, 4.69) is 15.2 Å². The summed E-state index contributed by atoms with van der Waals surface area (Å²) in [6.45, 7) is 3.96. The van der Waals surface area contributed by atoms with Gasteiger partial charge >= 0.3 is 0 Å². The minimum Gasteiger partial charge on any atom is -0.491 e. The van der Waals surface area contributed by atoms with Crippen LogP contribution in [0.2, 0.25) is 0 Å². The van der Waals surface area contributed by atoms with Crippen LogP contribution in [0.25, 0.3) is 38.2 Å². The molecule has 5 aromatic rings. The predicted molar refractivity (Wildman–Crippen MR) is 99.0 cm³/mol. The molecule has 5 rings (SSSR count). The molecule has 128 valence electrons. The van der Waals surface area contributed by atoms with Crippen molar-refractivity contribution in [3.63, 3.8) is 0 Å². The van der Waals surface area contributed by atoms with Crippen LogP contribution in [0.3, 0.4) is 0 Å². The average Bonchev–Trinajstić information content (AvgIpc) is 3.07. The molecule has 0 saturated heterocycles. The predicted octanol–water partition coefficient (Wildman–Crippen LogP) is 4.51. The lowest BCUT2D eigenvalue weighted by Gasteiger charge is -2.13. The number of ether oxygens (including phenoxy) is 1. The molecule has 0 radical (unpaired) electrons. The van der Waals surface area contributed by atoms with Crippen LogP contribution in [0.15, 0.2) is 48.9 Å². The number of aromatic nitrogens is 4. The van der Waals surface area contributed by atoms with Crippen molar-refractivity contribution in [3.8, 4) is 5.75 Å². The van der Waals surface area contributed by atoms with Crippen LogP contribution < -0.4 is 4.74 Å². The first-order chi connectivity index (χ1) is 12.6. The SMILES string of the molecule is CC(C)Oc1ccc2c(c1)c1cc(F)ccc1c1cn3cnnc3nc21. The van der Waals surface area contributed by atoms with E-state index >= 15 is 0 Å². The summed E-state index contributed by atoms with van der Waals surface area (Å²) in [7, 11) is 0. The Kier molecular flexibility index (Phi) is 3.09. The zero-order valence-corrected chi connectivity index (χ0v) is 14.3. The summed E-state index contributed by atoms with van der Waals surface area (Å²) < 4.78 is 21.6. The molecule has 6 heteroatoms. The molecule has 0 N–H and O–H groups in total. The highest BCUT2D eigenvalue weighted by Crippen LogP contribution is 2.36. The monoisotopic (exact) mass is 346 g/mol. The highest BCUT2D eigenvalue weighted by molar-refractivity contribution is 6.24. The van der Waals surface area contributed by atoms with Gasteiger partial charge < -0.3 is 4.74 Å². The van der Waals surface area contributed by atoms with E-state index in [1.165, 1.54) is 6.07 Å². The van der Waals surface area contributed by atoms with Gasteiger partial charge in [0.2, 0.25) is 0 Å². The summed E-state index contributed by atoms with van der Waals surface area (Å²) in [5.41, 5.74) is 0.815. The van der Waals surface area contributed by atoms with Gasteiger partial charge in [-0.3, -0.25) is 4.40 Å². The third kappa shape index (κ3) is 2.19. The first-order valence-corrected chi connectivity index (χ1v) is 8.42. The number of benzene rings is 3. The standard InChI is InChI=1S/C20H15FN4O/c1-11(2)26-13-4-6-15-17(8-13)16-7-12(21)3-5-14(16)18-9-25-10-22-24-20(25)23-19(15)18/h3-11H,1-2H3. The van der Waals surface area contributed by atoms with Gasteiger partial charge in [-0.25, -0.2) is 9.37 Å². The first kappa shape index (κ1) is 15.0. The number of rotatable bonds is 2. The van der Waals surface area contributed by atoms with Gasteiger partial charge in [-0.05, 0) is 60.3 Å². The van der Waals surface area contributed by atoms with Crippen LogP contribution in [-0.4, -0.2) is 25.7 Å². The number of fused-ring (bicyclic) bond motifs is 7. The molecule has 0 unspecified atom stereocenters. The van der Waals surface area contributed by atoms with Crippen LogP contribution in [0.5, 0.6) is 5.75 Å². The Morgan fingerprint density at radius 2 is 1.77 bits per heavy atom. The molecule has 0 atom stereocenters. The molecule has 0 aliphatic heterocycles. The van der Waals surface area contributed by atoms with E-state index < -0.39 is 0 Å². The van der Waals surface area contributed by atoms with E-state index in [0.29, 0.717) is 5.78 Å². The van der Waals surface area contributed by atoms with Gasteiger partial charge in [-0.2, -0.15) is 0 Å². The molecule has 0 saturated carbocycles. The summed E-state index contributed by atoms with van der Waals surface area (Å²) in [5.74, 6) is 1.01. The second-order valence-electron chi connectivity index (χ2n) is 6.61. The third-order valence-corrected chi connectivity index (χ3v) is 4.47. The summed E-state index contributed by atoms with van der Waals surface area (Å²) in [6.07, 6.45) is 3.61. The second-order valence-corrected chi connectivity index (χ2v) is 6.61. The molecule has 0 aliphatic carbocycles. The van der Waals surface area contributed by atoms with E-state index in [-0.39, 0.29) is 11.9 Å². The smallest absolute Gasteiger partial charge is 0.255 e. The third-order valence-electron chi connectivity index (χ3n) is 4.47.